The number of hydrogen-bond donors (Lipinski definition) is 1. The van der Waals surface area contributed by atoms with Gasteiger partial charge < -0.3 is 0 Å². The van der Waals surface area contributed by atoms with Gasteiger partial charge in [0.15, 0.2) is 0 Å². The van der Waals surface area contributed by atoms with Gasteiger partial charge in [0.2, 0.25) is 20.0 Å². The van der Waals surface area contributed by atoms with Crippen molar-refractivity contribution < 1.29 is 21.2 Å². The van der Waals surface area contributed by atoms with Crippen molar-refractivity contribution in [3.8, 4) is 0 Å². The average Bonchev–Trinajstić information content (AvgIpc) is 2.95. The molecule has 1 aliphatic heterocycles. The molecule has 0 aromatic heterocycles. The molecule has 0 saturated carbocycles. The van der Waals surface area contributed by atoms with Crippen molar-refractivity contribution in [2.45, 2.75) is 11.3 Å². The SMILES string of the molecule is C=CS(=O)(=O)NC[C@@H]1CCN(S(=O)(=O)c2ccc(F)cc2)C1. The van der Waals surface area contributed by atoms with E-state index < -0.39 is 25.9 Å². The van der Waals surface area contributed by atoms with Crippen molar-refractivity contribution in [2.24, 2.45) is 5.92 Å². The molecule has 6 nitrogen and oxygen atoms in total. The fraction of sp³-hybridized carbons (Fsp3) is 0.385. The number of halogens is 1. The molecule has 1 saturated heterocycles. The van der Waals surface area contributed by atoms with Crippen molar-refractivity contribution in [1.29, 1.82) is 0 Å². The zero-order valence-corrected chi connectivity index (χ0v) is 13.4. The summed E-state index contributed by atoms with van der Waals surface area (Å²) < 4.78 is 63.9. The Bertz CT molecular complexity index is 745. The molecule has 1 aromatic carbocycles. The van der Waals surface area contributed by atoms with Crippen molar-refractivity contribution >= 4 is 20.0 Å². The molecule has 0 amide bonds. The number of benzene rings is 1. The summed E-state index contributed by atoms with van der Waals surface area (Å²) in [6, 6.07) is 4.63. The van der Waals surface area contributed by atoms with Gasteiger partial charge in [-0.05, 0) is 36.6 Å². The molecule has 0 radical (unpaired) electrons. The highest BCUT2D eigenvalue weighted by molar-refractivity contribution is 7.92. The van der Waals surface area contributed by atoms with Crippen LogP contribution in [0.25, 0.3) is 0 Å². The molecule has 0 bridgehead atoms. The first-order valence-electron chi connectivity index (χ1n) is 6.62. The minimum absolute atomic E-state index is 0.0289. The largest absolute Gasteiger partial charge is 0.243 e. The van der Waals surface area contributed by atoms with E-state index >= 15 is 0 Å². The first-order valence-corrected chi connectivity index (χ1v) is 9.61. The number of hydrogen-bond acceptors (Lipinski definition) is 4. The Morgan fingerprint density at radius 2 is 1.91 bits per heavy atom. The molecular weight excluding hydrogens is 331 g/mol. The highest BCUT2D eigenvalue weighted by Crippen LogP contribution is 2.24. The van der Waals surface area contributed by atoms with E-state index in [1.165, 1.54) is 16.4 Å². The fourth-order valence-corrected chi connectivity index (χ4v) is 4.35. The van der Waals surface area contributed by atoms with Gasteiger partial charge in [0.1, 0.15) is 5.82 Å². The van der Waals surface area contributed by atoms with E-state index in [9.17, 15) is 21.2 Å². The molecular formula is C13H17FN2O4S2. The van der Waals surface area contributed by atoms with Gasteiger partial charge in [0, 0.05) is 25.0 Å². The molecule has 1 aromatic rings. The quantitative estimate of drug-likeness (QED) is 0.828. The van der Waals surface area contributed by atoms with Crippen molar-refractivity contribution in [3.63, 3.8) is 0 Å². The zero-order chi connectivity index (χ0) is 16.4. The molecule has 1 heterocycles. The first-order chi connectivity index (χ1) is 10.2. The summed E-state index contributed by atoms with van der Waals surface area (Å²) in [5, 5.41) is 0.814. The van der Waals surface area contributed by atoms with E-state index in [-0.39, 0.29) is 23.9 Å². The highest BCUT2D eigenvalue weighted by atomic mass is 32.2. The molecule has 1 aliphatic rings. The number of sulfonamides is 2. The summed E-state index contributed by atoms with van der Waals surface area (Å²) in [5.74, 6) is -0.609. The van der Waals surface area contributed by atoms with Crippen molar-refractivity contribution in [2.75, 3.05) is 19.6 Å². The lowest BCUT2D eigenvalue weighted by Crippen LogP contribution is -2.32. The fourth-order valence-electron chi connectivity index (χ4n) is 2.23. The molecule has 2 rings (SSSR count). The molecule has 1 atom stereocenters. The number of nitrogens with zero attached hydrogens (tertiary/aromatic N) is 1. The minimum atomic E-state index is -3.68. The Morgan fingerprint density at radius 1 is 1.27 bits per heavy atom. The van der Waals surface area contributed by atoms with Gasteiger partial charge in [-0.1, -0.05) is 6.58 Å². The topological polar surface area (TPSA) is 83.6 Å². The lowest BCUT2D eigenvalue weighted by atomic mass is 10.1. The van der Waals surface area contributed by atoms with Crippen LogP contribution in [0.1, 0.15) is 6.42 Å². The minimum Gasteiger partial charge on any atom is -0.211 e. The van der Waals surface area contributed by atoms with E-state index in [2.05, 4.69) is 11.3 Å². The van der Waals surface area contributed by atoms with Gasteiger partial charge in [-0.25, -0.2) is 25.9 Å². The zero-order valence-electron chi connectivity index (χ0n) is 11.8. The lowest BCUT2D eigenvalue weighted by Gasteiger charge is -2.16. The summed E-state index contributed by atoms with van der Waals surface area (Å²) in [6.45, 7) is 3.88. The second-order valence-electron chi connectivity index (χ2n) is 5.03. The van der Waals surface area contributed by atoms with Crippen LogP contribution in [0.3, 0.4) is 0 Å². The average molecular weight is 348 g/mol. The Kier molecular flexibility index (Phi) is 5.00. The van der Waals surface area contributed by atoms with Gasteiger partial charge in [0.05, 0.1) is 4.90 Å². The van der Waals surface area contributed by atoms with Crippen LogP contribution in [0.4, 0.5) is 4.39 Å². The van der Waals surface area contributed by atoms with Gasteiger partial charge in [-0.3, -0.25) is 0 Å². The molecule has 0 unspecified atom stereocenters. The molecule has 0 aliphatic carbocycles. The Labute approximate surface area is 129 Å². The van der Waals surface area contributed by atoms with Gasteiger partial charge in [0.25, 0.3) is 0 Å². The maximum atomic E-state index is 12.9. The molecule has 1 fully saturated rings. The predicted molar refractivity (Wildman–Crippen MR) is 80.4 cm³/mol. The molecule has 122 valence electrons. The highest BCUT2D eigenvalue weighted by Gasteiger charge is 2.32. The van der Waals surface area contributed by atoms with Crippen LogP contribution in [-0.4, -0.2) is 40.8 Å². The third kappa shape index (κ3) is 3.92. The Balaban J connectivity index is 2.03. The normalized spacial score (nSPS) is 20.1. The molecule has 22 heavy (non-hydrogen) atoms. The maximum Gasteiger partial charge on any atom is 0.243 e. The molecule has 1 N–H and O–H groups in total. The van der Waals surface area contributed by atoms with E-state index in [4.69, 9.17) is 0 Å². The van der Waals surface area contributed by atoms with E-state index in [0.717, 1.165) is 17.5 Å². The number of rotatable bonds is 6. The third-order valence-corrected chi connectivity index (χ3v) is 6.38. The van der Waals surface area contributed by atoms with Crippen LogP contribution in [0.2, 0.25) is 0 Å². The Morgan fingerprint density at radius 3 is 2.50 bits per heavy atom. The maximum absolute atomic E-state index is 12.9. The van der Waals surface area contributed by atoms with E-state index in [1.54, 1.807) is 0 Å². The van der Waals surface area contributed by atoms with Crippen LogP contribution in [0.5, 0.6) is 0 Å². The van der Waals surface area contributed by atoms with Crippen LogP contribution in [0.15, 0.2) is 41.1 Å². The van der Waals surface area contributed by atoms with E-state index in [1.807, 2.05) is 0 Å². The summed E-state index contributed by atoms with van der Waals surface area (Å²) >= 11 is 0. The first kappa shape index (κ1) is 17.1. The van der Waals surface area contributed by atoms with Gasteiger partial charge >= 0.3 is 0 Å². The van der Waals surface area contributed by atoms with Crippen LogP contribution in [-0.2, 0) is 20.0 Å². The van der Waals surface area contributed by atoms with Gasteiger partial charge in [-0.2, -0.15) is 4.31 Å². The summed E-state index contributed by atoms with van der Waals surface area (Å²) in [7, 11) is -7.19. The van der Waals surface area contributed by atoms with Gasteiger partial charge in [-0.15, -0.1) is 0 Å². The van der Waals surface area contributed by atoms with Crippen molar-refractivity contribution in [3.05, 3.63) is 42.1 Å². The molecule has 0 spiro atoms. The predicted octanol–water partition coefficient (Wildman–Crippen LogP) is 0.899. The Hall–Kier alpha value is -1.29. The second-order valence-corrected chi connectivity index (χ2v) is 8.68. The summed E-state index contributed by atoms with van der Waals surface area (Å²) in [4.78, 5) is 0.0289. The number of nitrogens with one attached hydrogen (secondary N) is 1. The van der Waals surface area contributed by atoms with E-state index in [0.29, 0.717) is 13.0 Å². The van der Waals surface area contributed by atoms with Crippen LogP contribution in [0, 0.1) is 11.7 Å². The summed E-state index contributed by atoms with van der Waals surface area (Å²) in [6.07, 6.45) is 0.556. The standard InChI is InChI=1S/C13H17FN2O4S2/c1-2-21(17,18)15-9-11-7-8-16(10-11)22(19,20)13-5-3-12(14)4-6-13/h2-6,11,15H,1,7-10H2/t11-/m0/s1. The lowest BCUT2D eigenvalue weighted by molar-refractivity contribution is 0.454. The second kappa shape index (κ2) is 6.45. The van der Waals surface area contributed by atoms with Crippen LogP contribution < -0.4 is 4.72 Å². The summed E-state index contributed by atoms with van der Waals surface area (Å²) in [5.41, 5.74) is 0. The van der Waals surface area contributed by atoms with Crippen molar-refractivity contribution in [1.82, 2.24) is 9.03 Å². The monoisotopic (exact) mass is 348 g/mol. The molecule has 9 heteroatoms. The third-order valence-electron chi connectivity index (χ3n) is 3.49. The smallest absolute Gasteiger partial charge is 0.211 e. The van der Waals surface area contributed by atoms with Crippen LogP contribution >= 0.6 is 0 Å².